The molecule has 8 heteroatoms. The van der Waals surface area contributed by atoms with Crippen molar-refractivity contribution in [2.45, 2.75) is 25.7 Å². The standard InChI is InChI=1S/C13H14Cl4O3S/c14-9-5-10(15)12(11(16)6-9)20-7-13(3-1-2-4-13)8-21(17,18)19/h5-6H,1-4,7-8H2. The first-order valence-corrected chi connectivity index (χ1v) is 10.0. The molecule has 21 heavy (non-hydrogen) atoms. The molecule has 0 aliphatic heterocycles. The molecule has 0 saturated heterocycles. The van der Waals surface area contributed by atoms with Crippen molar-refractivity contribution >= 4 is 54.5 Å². The second-order valence-electron chi connectivity index (χ2n) is 5.38. The van der Waals surface area contributed by atoms with Crippen molar-refractivity contribution in [3.05, 3.63) is 27.2 Å². The predicted molar refractivity (Wildman–Crippen MR) is 87.5 cm³/mol. The number of halogens is 4. The number of hydrogen-bond donors (Lipinski definition) is 0. The SMILES string of the molecule is O=S(=O)(Cl)CC1(COc2c(Cl)cc(Cl)cc2Cl)CCCC1. The lowest BCUT2D eigenvalue weighted by Crippen LogP contribution is -2.32. The molecule has 1 aromatic carbocycles. The monoisotopic (exact) mass is 390 g/mol. The molecule has 0 atom stereocenters. The number of hydrogen-bond acceptors (Lipinski definition) is 3. The van der Waals surface area contributed by atoms with E-state index in [0.29, 0.717) is 20.8 Å². The van der Waals surface area contributed by atoms with Gasteiger partial charge in [0.05, 0.1) is 22.4 Å². The smallest absolute Gasteiger partial charge is 0.233 e. The van der Waals surface area contributed by atoms with Gasteiger partial charge in [0.2, 0.25) is 9.05 Å². The van der Waals surface area contributed by atoms with E-state index in [-0.39, 0.29) is 12.4 Å². The highest BCUT2D eigenvalue weighted by atomic mass is 35.7. The Labute approximate surface area is 143 Å². The molecule has 0 aromatic heterocycles. The van der Waals surface area contributed by atoms with Crippen LogP contribution in [-0.2, 0) is 9.05 Å². The highest BCUT2D eigenvalue weighted by molar-refractivity contribution is 8.13. The van der Waals surface area contributed by atoms with Crippen LogP contribution in [0.5, 0.6) is 5.75 Å². The van der Waals surface area contributed by atoms with Crippen LogP contribution in [0, 0.1) is 5.41 Å². The van der Waals surface area contributed by atoms with Crippen LogP contribution in [0.1, 0.15) is 25.7 Å². The van der Waals surface area contributed by atoms with E-state index in [4.69, 9.17) is 50.2 Å². The highest BCUT2D eigenvalue weighted by Gasteiger charge is 2.39. The van der Waals surface area contributed by atoms with E-state index >= 15 is 0 Å². The third-order valence-corrected chi connectivity index (χ3v) is 5.69. The summed E-state index contributed by atoms with van der Waals surface area (Å²) in [6.07, 6.45) is 3.42. The minimum atomic E-state index is -3.59. The number of ether oxygens (including phenoxy) is 1. The Bertz CT molecular complexity index is 601. The van der Waals surface area contributed by atoms with Gasteiger partial charge in [-0.25, -0.2) is 8.42 Å². The zero-order chi connectivity index (χ0) is 15.7. The first-order valence-electron chi connectivity index (χ1n) is 6.40. The molecular formula is C13H14Cl4O3S. The van der Waals surface area contributed by atoms with Crippen LogP contribution in [0.4, 0.5) is 0 Å². The van der Waals surface area contributed by atoms with Crippen LogP contribution in [-0.4, -0.2) is 20.8 Å². The lowest BCUT2D eigenvalue weighted by molar-refractivity contribution is 0.171. The van der Waals surface area contributed by atoms with E-state index in [1.54, 1.807) is 0 Å². The predicted octanol–water partition coefficient (Wildman–Crippen LogP) is 5.15. The first-order chi connectivity index (χ1) is 9.71. The fraction of sp³-hybridized carbons (Fsp3) is 0.538. The van der Waals surface area contributed by atoms with Crippen LogP contribution in [0.15, 0.2) is 12.1 Å². The summed E-state index contributed by atoms with van der Waals surface area (Å²) >= 11 is 18.0. The largest absolute Gasteiger partial charge is 0.490 e. The maximum absolute atomic E-state index is 11.4. The van der Waals surface area contributed by atoms with Gasteiger partial charge in [0.25, 0.3) is 0 Å². The van der Waals surface area contributed by atoms with Crippen LogP contribution in [0.25, 0.3) is 0 Å². The molecule has 1 aromatic rings. The molecule has 0 amide bonds. The molecular weight excluding hydrogens is 378 g/mol. The third kappa shape index (κ3) is 4.80. The van der Waals surface area contributed by atoms with Crippen molar-refractivity contribution in [3.8, 4) is 5.75 Å². The van der Waals surface area contributed by atoms with Gasteiger partial charge in [-0.2, -0.15) is 0 Å². The summed E-state index contributed by atoms with van der Waals surface area (Å²) in [6.45, 7) is 0.208. The Morgan fingerprint density at radius 3 is 2.10 bits per heavy atom. The lowest BCUT2D eigenvalue weighted by Gasteiger charge is -2.27. The molecule has 0 spiro atoms. The van der Waals surface area contributed by atoms with E-state index in [9.17, 15) is 8.42 Å². The molecule has 2 rings (SSSR count). The quantitative estimate of drug-likeness (QED) is 0.651. The maximum Gasteiger partial charge on any atom is 0.233 e. The van der Waals surface area contributed by atoms with Crippen LogP contribution in [0.3, 0.4) is 0 Å². The number of rotatable bonds is 5. The fourth-order valence-corrected chi connectivity index (χ4v) is 5.44. The summed E-state index contributed by atoms with van der Waals surface area (Å²) in [6, 6.07) is 3.06. The zero-order valence-corrected chi connectivity index (χ0v) is 14.9. The second-order valence-corrected chi connectivity index (χ2v) is 9.41. The summed E-state index contributed by atoms with van der Waals surface area (Å²) in [7, 11) is 1.82. The van der Waals surface area contributed by atoms with Gasteiger partial charge in [0.1, 0.15) is 0 Å². The summed E-state index contributed by atoms with van der Waals surface area (Å²) in [5, 5.41) is 1.01. The van der Waals surface area contributed by atoms with E-state index in [2.05, 4.69) is 0 Å². The van der Waals surface area contributed by atoms with Crippen molar-refractivity contribution in [2.24, 2.45) is 5.41 Å². The van der Waals surface area contributed by atoms with E-state index in [1.165, 1.54) is 12.1 Å². The molecule has 0 heterocycles. The lowest BCUT2D eigenvalue weighted by atomic mass is 9.90. The van der Waals surface area contributed by atoms with Crippen LogP contribution >= 0.6 is 45.5 Å². The zero-order valence-electron chi connectivity index (χ0n) is 11.0. The molecule has 1 aliphatic rings. The van der Waals surface area contributed by atoms with Gasteiger partial charge >= 0.3 is 0 Å². The average Bonchev–Trinajstić information content (AvgIpc) is 2.73. The Morgan fingerprint density at radius 2 is 1.62 bits per heavy atom. The molecule has 1 fully saturated rings. The fourth-order valence-electron chi connectivity index (χ4n) is 2.71. The summed E-state index contributed by atoms with van der Waals surface area (Å²) in [4.78, 5) is 0. The Hall–Kier alpha value is 0.130. The van der Waals surface area contributed by atoms with Crippen molar-refractivity contribution in [3.63, 3.8) is 0 Å². The van der Waals surface area contributed by atoms with Gasteiger partial charge in [0.15, 0.2) is 5.75 Å². The van der Waals surface area contributed by atoms with Gasteiger partial charge in [-0.15, -0.1) is 0 Å². The van der Waals surface area contributed by atoms with Crippen molar-refractivity contribution in [1.82, 2.24) is 0 Å². The van der Waals surface area contributed by atoms with E-state index < -0.39 is 14.5 Å². The van der Waals surface area contributed by atoms with Crippen LogP contribution in [0.2, 0.25) is 15.1 Å². The molecule has 118 valence electrons. The Balaban J connectivity index is 2.17. The van der Waals surface area contributed by atoms with Gasteiger partial charge in [-0.05, 0) is 25.0 Å². The molecule has 0 bridgehead atoms. The van der Waals surface area contributed by atoms with Gasteiger partial charge in [-0.1, -0.05) is 47.6 Å². The Kier molecular flexibility index (Phi) is 5.59. The highest BCUT2D eigenvalue weighted by Crippen LogP contribution is 2.42. The van der Waals surface area contributed by atoms with Gasteiger partial charge in [0, 0.05) is 21.1 Å². The van der Waals surface area contributed by atoms with Crippen molar-refractivity contribution in [1.29, 1.82) is 0 Å². The van der Waals surface area contributed by atoms with Crippen LogP contribution < -0.4 is 4.74 Å². The van der Waals surface area contributed by atoms with E-state index in [1.807, 2.05) is 0 Å². The molecule has 1 aliphatic carbocycles. The average molecular weight is 392 g/mol. The van der Waals surface area contributed by atoms with Gasteiger partial charge in [-0.3, -0.25) is 0 Å². The molecule has 0 unspecified atom stereocenters. The molecule has 1 saturated carbocycles. The molecule has 0 N–H and O–H groups in total. The molecule has 3 nitrogen and oxygen atoms in total. The minimum Gasteiger partial charge on any atom is -0.490 e. The van der Waals surface area contributed by atoms with Crippen molar-refractivity contribution < 1.29 is 13.2 Å². The van der Waals surface area contributed by atoms with Crippen molar-refractivity contribution in [2.75, 3.05) is 12.4 Å². The topological polar surface area (TPSA) is 43.4 Å². The number of benzene rings is 1. The first kappa shape index (κ1) is 17.5. The Morgan fingerprint density at radius 1 is 1.10 bits per heavy atom. The normalized spacial score (nSPS) is 17.9. The second kappa shape index (κ2) is 6.71. The summed E-state index contributed by atoms with van der Waals surface area (Å²) < 4.78 is 28.6. The molecule has 0 radical (unpaired) electrons. The minimum absolute atomic E-state index is 0.107. The van der Waals surface area contributed by atoms with E-state index in [0.717, 1.165) is 25.7 Å². The summed E-state index contributed by atoms with van der Waals surface area (Å²) in [5.74, 6) is 0.214. The summed E-state index contributed by atoms with van der Waals surface area (Å²) in [5.41, 5.74) is -0.479. The third-order valence-electron chi connectivity index (χ3n) is 3.63. The van der Waals surface area contributed by atoms with Gasteiger partial charge < -0.3 is 4.74 Å². The maximum atomic E-state index is 11.4.